The minimum absolute atomic E-state index is 0.128. The van der Waals surface area contributed by atoms with Crippen molar-refractivity contribution >= 4 is 35.1 Å². The Bertz CT molecular complexity index is 1060. The summed E-state index contributed by atoms with van der Waals surface area (Å²) in [5.74, 6) is -2.84. The molecule has 1 aromatic carbocycles. The van der Waals surface area contributed by atoms with Gasteiger partial charge >= 0.3 is 5.97 Å². The van der Waals surface area contributed by atoms with E-state index in [0.717, 1.165) is 19.3 Å². The largest absolute Gasteiger partial charge is 0.465 e. The summed E-state index contributed by atoms with van der Waals surface area (Å²) in [5, 5.41) is 10.0. The maximum absolute atomic E-state index is 14.1. The lowest BCUT2D eigenvalue weighted by molar-refractivity contribution is -0.154. The van der Waals surface area contributed by atoms with E-state index in [9.17, 15) is 19.5 Å². The van der Waals surface area contributed by atoms with Gasteiger partial charge in [-0.15, -0.1) is 0 Å². The molecule has 1 N–H and O–H groups in total. The SMILES string of the molecule is O=C1OCCCC/C=C\[C@H]2O[C@]34C=CCN(c5ccc(Cl)cc5)C(=O)C3N(CCCO)C(=O)[C@@H]4[C@@H]12. The number of fused-ring (bicyclic) bond motifs is 2. The van der Waals surface area contributed by atoms with E-state index in [1.54, 1.807) is 35.2 Å². The van der Waals surface area contributed by atoms with Gasteiger partial charge in [-0.2, -0.15) is 0 Å². The van der Waals surface area contributed by atoms with Crippen molar-refractivity contribution in [2.24, 2.45) is 11.8 Å². The van der Waals surface area contributed by atoms with E-state index in [2.05, 4.69) is 0 Å². The summed E-state index contributed by atoms with van der Waals surface area (Å²) < 4.78 is 12.1. The van der Waals surface area contributed by atoms with Crippen LogP contribution in [0.4, 0.5) is 5.69 Å². The molecule has 8 nitrogen and oxygen atoms in total. The molecule has 9 heteroatoms. The maximum Gasteiger partial charge on any atom is 0.312 e. The number of rotatable bonds is 4. The zero-order valence-electron chi connectivity index (χ0n) is 19.3. The zero-order chi connectivity index (χ0) is 24.6. The lowest BCUT2D eigenvalue weighted by atomic mass is 9.78. The maximum atomic E-state index is 14.1. The fourth-order valence-electron chi connectivity index (χ4n) is 5.75. The molecule has 0 aliphatic carbocycles. The summed E-state index contributed by atoms with van der Waals surface area (Å²) in [6, 6.07) is 5.96. The Morgan fingerprint density at radius 2 is 1.89 bits per heavy atom. The van der Waals surface area contributed by atoms with Gasteiger partial charge in [-0.05, 0) is 49.9 Å². The number of ether oxygens (including phenoxy) is 2. The number of benzene rings is 1. The standard InChI is InChI=1S/C26H29ClN2O6/c27-17-8-10-18(11-9-17)28-13-5-12-26-21(23(31)29(14-6-15-30)22(26)24(28)32)20-19(35-26)7-3-1-2-4-16-34-25(20)33/h3,5,7-12,19-22,30H,1-2,4,6,13-16H2/b7-3-/t19-,20+,21+,22?,26+/m1/s1. The van der Waals surface area contributed by atoms with Crippen LogP contribution >= 0.6 is 11.6 Å². The molecule has 2 amide bonds. The van der Waals surface area contributed by atoms with Crippen LogP contribution in [0.3, 0.4) is 0 Å². The third-order valence-corrected chi connectivity index (χ3v) is 7.55. The summed E-state index contributed by atoms with van der Waals surface area (Å²) in [6.45, 7) is 0.627. The Morgan fingerprint density at radius 3 is 2.66 bits per heavy atom. The van der Waals surface area contributed by atoms with Gasteiger partial charge in [0.25, 0.3) is 5.91 Å². The van der Waals surface area contributed by atoms with Crippen LogP contribution in [0.2, 0.25) is 5.02 Å². The molecule has 0 bridgehead atoms. The summed E-state index contributed by atoms with van der Waals surface area (Å²) in [7, 11) is 0. The van der Waals surface area contributed by atoms with Crippen LogP contribution in [0.15, 0.2) is 48.6 Å². The average Bonchev–Trinajstić information content (AvgIpc) is 3.23. The second kappa shape index (κ2) is 9.76. The van der Waals surface area contributed by atoms with Crippen LogP contribution in [-0.4, -0.2) is 71.8 Å². The Kier molecular flexibility index (Phi) is 6.70. The topological polar surface area (TPSA) is 96.4 Å². The van der Waals surface area contributed by atoms with Gasteiger partial charge in [-0.1, -0.05) is 35.9 Å². The number of halogens is 1. The average molecular weight is 501 g/mol. The summed E-state index contributed by atoms with van der Waals surface area (Å²) in [5.41, 5.74) is -0.659. The zero-order valence-corrected chi connectivity index (χ0v) is 20.1. The number of likely N-dealkylation sites (tertiary alicyclic amines) is 1. The van der Waals surface area contributed by atoms with Gasteiger partial charge in [0.1, 0.15) is 17.6 Å². The minimum Gasteiger partial charge on any atom is -0.465 e. The van der Waals surface area contributed by atoms with Gasteiger partial charge in [0.2, 0.25) is 5.91 Å². The first-order valence-corrected chi connectivity index (χ1v) is 12.5. The number of cyclic esters (lactones) is 1. The third kappa shape index (κ3) is 4.07. The number of hydrogen-bond donors (Lipinski definition) is 1. The van der Waals surface area contributed by atoms with Gasteiger partial charge in [-0.25, -0.2) is 0 Å². The van der Waals surface area contributed by atoms with E-state index in [4.69, 9.17) is 21.1 Å². The first-order valence-electron chi connectivity index (χ1n) is 12.1. The van der Waals surface area contributed by atoms with Crippen LogP contribution in [0, 0.1) is 11.8 Å². The molecular formula is C26H29ClN2O6. The highest BCUT2D eigenvalue weighted by atomic mass is 35.5. The second-order valence-corrected chi connectivity index (χ2v) is 9.81. The molecule has 4 aliphatic rings. The summed E-state index contributed by atoms with van der Waals surface area (Å²) >= 11 is 6.05. The van der Waals surface area contributed by atoms with Gasteiger partial charge < -0.3 is 24.4 Å². The van der Waals surface area contributed by atoms with E-state index in [0.29, 0.717) is 23.7 Å². The fraction of sp³-hybridized carbons (Fsp3) is 0.500. The summed E-state index contributed by atoms with van der Waals surface area (Å²) in [6.07, 6.45) is 9.54. The van der Waals surface area contributed by atoms with Gasteiger partial charge in [0.05, 0.1) is 18.6 Å². The molecule has 5 rings (SSSR count). The smallest absolute Gasteiger partial charge is 0.312 e. The number of carbonyl (C=O) groups excluding carboxylic acids is 3. The quantitative estimate of drug-likeness (QED) is 0.504. The molecule has 4 heterocycles. The molecule has 0 radical (unpaired) electrons. The number of nitrogens with zero attached hydrogens (tertiary/aromatic N) is 2. The normalized spacial score (nSPS) is 33.6. The first kappa shape index (κ1) is 24.0. The van der Waals surface area contributed by atoms with Crippen LogP contribution < -0.4 is 4.90 Å². The van der Waals surface area contributed by atoms with Crippen molar-refractivity contribution in [2.45, 2.75) is 43.4 Å². The van der Waals surface area contributed by atoms with Crippen LogP contribution in [0.25, 0.3) is 0 Å². The van der Waals surface area contributed by atoms with Crippen LogP contribution in [0.1, 0.15) is 25.7 Å². The van der Waals surface area contributed by atoms with Crippen molar-refractivity contribution in [2.75, 3.05) is 31.2 Å². The monoisotopic (exact) mass is 500 g/mol. The Labute approximate surface area is 209 Å². The summed E-state index contributed by atoms with van der Waals surface area (Å²) in [4.78, 5) is 44.2. The van der Waals surface area contributed by atoms with E-state index in [1.165, 1.54) is 4.90 Å². The number of hydrogen-bond acceptors (Lipinski definition) is 6. The third-order valence-electron chi connectivity index (χ3n) is 7.30. The number of esters is 1. The Morgan fingerprint density at radius 1 is 1.09 bits per heavy atom. The number of aliphatic hydroxyl groups excluding tert-OH is 1. The van der Waals surface area contributed by atoms with E-state index < -0.39 is 35.6 Å². The predicted octanol–water partition coefficient (Wildman–Crippen LogP) is 2.49. The lowest BCUT2D eigenvalue weighted by Gasteiger charge is -2.35. The Balaban J connectivity index is 1.59. The first-order chi connectivity index (χ1) is 17.0. The molecule has 2 saturated heterocycles. The van der Waals surface area contributed by atoms with Crippen LogP contribution in [-0.2, 0) is 23.9 Å². The van der Waals surface area contributed by atoms with Crippen molar-refractivity contribution in [1.82, 2.24) is 4.90 Å². The van der Waals surface area contributed by atoms with E-state index in [-0.39, 0.29) is 31.5 Å². The minimum atomic E-state index is -1.31. The highest BCUT2D eigenvalue weighted by molar-refractivity contribution is 6.30. The number of anilines is 1. The lowest BCUT2D eigenvalue weighted by Crippen LogP contribution is -2.55. The molecule has 1 unspecified atom stereocenters. The van der Waals surface area contributed by atoms with Gasteiger partial charge in [-0.3, -0.25) is 14.4 Å². The highest BCUT2D eigenvalue weighted by Gasteiger charge is 2.71. The van der Waals surface area contributed by atoms with Crippen molar-refractivity contribution in [3.8, 4) is 0 Å². The van der Waals surface area contributed by atoms with Gasteiger partial charge in [0, 0.05) is 30.4 Å². The number of allylic oxidation sites excluding steroid dienone is 1. The molecule has 2 fully saturated rings. The van der Waals surface area contributed by atoms with Gasteiger partial charge in [0.15, 0.2) is 0 Å². The van der Waals surface area contributed by atoms with Crippen molar-refractivity contribution < 1.29 is 29.0 Å². The second-order valence-electron chi connectivity index (χ2n) is 9.37. The molecule has 1 aromatic rings. The number of carbonyl (C=O) groups is 3. The molecule has 5 atom stereocenters. The molecule has 0 aromatic heterocycles. The van der Waals surface area contributed by atoms with E-state index >= 15 is 0 Å². The molecule has 0 saturated carbocycles. The fourth-order valence-corrected chi connectivity index (χ4v) is 5.88. The number of aliphatic hydroxyl groups is 1. The predicted molar refractivity (Wildman–Crippen MR) is 129 cm³/mol. The van der Waals surface area contributed by atoms with Crippen LogP contribution in [0.5, 0.6) is 0 Å². The van der Waals surface area contributed by atoms with Crippen molar-refractivity contribution in [3.63, 3.8) is 0 Å². The molecule has 186 valence electrons. The van der Waals surface area contributed by atoms with Crippen molar-refractivity contribution in [3.05, 3.63) is 53.6 Å². The molecule has 4 aliphatic heterocycles. The number of amides is 2. The molecular weight excluding hydrogens is 472 g/mol. The molecule has 35 heavy (non-hydrogen) atoms. The highest BCUT2D eigenvalue weighted by Crippen LogP contribution is 2.53. The molecule has 1 spiro atoms. The van der Waals surface area contributed by atoms with Crippen molar-refractivity contribution in [1.29, 1.82) is 0 Å². The Hall–Kier alpha value is -2.68. The van der Waals surface area contributed by atoms with E-state index in [1.807, 2.05) is 18.2 Å².